The van der Waals surface area contributed by atoms with Crippen molar-refractivity contribution in [1.29, 1.82) is 0 Å². The van der Waals surface area contributed by atoms with Gasteiger partial charge in [0.15, 0.2) is 5.82 Å². The van der Waals surface area contributed by atoms with Gasteiger partial charge >= 0.3 is 6.03 Å². The Morgan fingerprint density at radius 2 is 2.04 bits per heavy atom. The molecular weight excluding hydrogens is 346 g/mol. The quantitative estimate of drug-likeness (QED) is 0.653. The lowest BCUT2D eigenvalue weighted by molar-refractivity contribution is 0.0995. The highest BCUT2D eigenvalue weighted by Crippen LogP contribution is 2.28. The zero-order valence-corrected chi connectivity index (χ0v) is 14.3. The van der Waals surface area contributed by atoms with Crippen molar-refractivity contribution in [3.8, 4) is 5.75 Å². The number of hydrogen-bond acceptors (Lipinski definition) is 5. The number of halogens is 1. The number of benzene rings is 1. The number of nitrogens with one attached hydrogen (secondary N) is 2. The van der Waals surface area contributed by atoms with Crippen molar-refractivity contribution in [1.82, 2.24) is 9.97 Å². The molecule has 25 heavy (non-hydrogen) atoms. The Morgan fingerprint density at radius 1 is 1.24 bits per heavy atom. The monoisotopic (exact) mass is 363 g/mol. The summed E-state index contributed by atoms with van der Waals surface area (Å²) in [5.74, 6) is -0.0163. The van der Waals surface area contributed by atoms with Crippen molar-refractivity contribution in [3.05, 3.63) is 41.3 Å². The summed E-state index contributed by atoms with van der Waals surface area (Å²) >= 11 is 5.98. The molecule has 8 nitrogen and oxygen atoms in total. The molecule has 0 atom stereocenters. The Balaban J connectivity index is 2.03. The van der Waals surface area contributed by atoms with Crippen LogP contribution in [-0.4, -0.2) is 28.5 Å². The molecule has 0 spiro atoms. The number of carbonyl (C=O) groups is 2. The number of aromatic nitrogens is 2. The second-order valence-electron chi connectivity index (χ2n) is 5.07. The predicted octanol–water partition coefficient (Wildman–Crippen LogP) is 3.05. The molecule has 0 aliphatic carbocycles. The maximum Gasteiger partial charge on any atom is 0.325 e. The molecule has 1 heterocycles. The average molecular weight is 364 g/mol. The van der Waals surface area contributed by atoms with E-state index in [1.165, 1.54) is 12.4 Å². The van der Waals surface area contributed by atoms with Gasteiger partial charge < -0.3 is 15.8 Å². The standard InChI is InChI=1S/C16H18ClN5O3/c1-2-3-6-25-13-5-4-10(17)7-11(13)21-16(24)22-14-9-19-12(8-20-14)15(18)23/h4-5,7-9H,2-3,6H2,1H3,(H2,18,23)(H2,20,21,22,24). The van der Waals surface area contributed by atoms with Crippen LogP contribution in [0.3, 0.4) is 0 Å². The summed E-state index contributed by atoms with van der Waals surface area (Å²) in [5, 5.41) is 5.60. The van der Waals surface area contributed by atoms with Crippen molar-refractivity contribution in [2.24, 2.45) is 5.73 Å². The summed E-state index contributed by atoms with van der Waals surface area (Å²) in [7, 11) is 0. The average Bonchev–Trinajstić information content (AvgIpc) is 2.57. The zero-order valence-electron chi connectivity index (χ0n) is 13.6. The van der Waals surface area contributed by atoms with Gasteiger partial charge in [-0.15, -0.1) is 0 Å². The van der Waals surface area contributed by atoms with E-state index < -0.39 is 11.9 Å². The van der Waals surface area contributed by atoms with Crippen molar-refractivity contribution in [2.75, 3.05) is 17.2 Å². The number of carbonyl (C=O) groups excluding carboxylic acids is 2. The molecule has 0 radical (unpaired) electrons. The molecule has 4 N–H and O–H groups in total. The summed E-state index contributed by atoms with van der Waals surface area (Å²) in [5.41, 5.74) is 5.52. The number of nitrogens with zero attached hydrogens (tertiary/aromatic N) is 2. The molecule has 0 saturated carbocycles. The van der Waals surface area contributed by atoms with Crippen LogP contribution in [0.2, 0.25) is 5.02 Å². The van der Waals surface area contributed by atoms with Crippen LogP contribution in [0.15, 0.2) is 30.6 Å². The van der Waals surface area contributed by atoms with Gasteiger partial charge in [-0.05, 0) is 24.6 Å². The van der Waals surface area contributed by atoms with Gasteiger partial charge in [-0.2, -0.15) is 0 Å². The second kappa shape index (κ2) is 8.84. The lowest BCUT2D eigenvalue weighted by atomic mass is 10.3. The van der Waals surface area contributed by atoms with Crippen molar-refractivity contribution < 1.29 is 14.3 Å². The first kappa shape index (κ1) is 18.5. The number of unbranched alkanes of at least 4 members (excludes halogenated alkanes) is 1. The Labute approximate surface area is 149 Å². The molecule has 2 aromatic rings. The van der Waals surface area contributed by atoms with Gasteiger partial charge in [-0.3, -0.25) is 10.1 Å². The molecule has 0 aliphatic heterocycles. The van der Waals surface area contributed by atoms with E-state index in [1.54, 1.807) is 18.2 Å². The molecule has 0 saturated heterocycles. The minimum Gasteiger partial charge on any atom is -0.491 e. The van der Waals surface area contributed by atoms with E-state index in [2.05, 4.69) is 27.5 Å². The first-order valence-corrected chi connectivity index (χ1v) is 7.99. The largest absolute Gasteiger partial charge is 0.491 e. The van der Waals surface area contributed by atoms with Crippen LogP contribution in [0.25, 0.3) is 0 Å². The summed E-state index contributed by atoms with van der Waals surface area (Å²) < 4.78 is 5.65. The molecule has 132 valence electrons. The fourth-order valence-electron chi connectivity index (χ4n) is 1.84. The maximum absolute atomic E-state index is 12.1. The number of rotatable bonds is 7. The topological polar surface area (TPSA) is 119 Å². The van der Waals surface area contributed by atoms with Gasteiger partial charge in [-0.1, -0.05) is 24.9 Å². The van der Waals surface area contributed by atoms with Gasteiger partial charge in [0.25, 0.3) is 5.91 Å². The molecule has 9 heteroatoms. The fraction of sp³-hybridized carbons (Fsp3) is 0.250. The van der Waals surface area contributed by atoms with Gasteiger partial charge in [-0.25, -0.2) is 14.8 Å². The van der Waals surface area contributed by atoms with Crippen LogP contribution in [0.4, 0.5) is 16.3 Å². The van der Waals surface area contributed by atoms with Crippen LogP contribution < -0.4 is 21.1 Å². The normalized spacial score (nSPS) is 10.2. The zero-order chi connectivity index (χ0) is 18.2. The SMILES string of the molecule is CCCCOc1ccc(Cl)cc1NC(=O)Nc1cnc(C(N)=O)cn1. The molecule has 0 unspecified atom stereocenters. The van der Waals surface area contributed by atoms with Crippen molar-refractivity contribution >= 4 is 35.0 Å². The number of hydrogen-bond donors (Lipinski definition) is 3. The molecule has 0 aliphatic rings. The van der Waals surface area contributed by atoms with E-state index in [1.807, 2.05) is 0 Å². The number of anilines is 2. The smallest absolute Gasteiger partial charge is 0.325 e. The number of amides is 3. The number of urea groups is 1. The van der Waals surface area contributed by atoms with E-state index in [0.29, 0.717) is 23.1 Å². The molecule has 0 bridgehead atoms. The van der Waals surface area contributed by atoms with Crippen molar-refractivity contribution in [3.63, 3.8) is 0 Å². The Hall–Kier alpha value is -2.87. The highest BCUT2D eigenvalue weighted by molar-refractivity contribution is 6.31. The Morgan fingerprint density at radius 3 is 2.68 bits per heavy atom. The minimum atomic E-state index is -0.698. The summed E-state index contributed by atoms with van der Waals surface area (Å²) in [6.07, 6.45) is 4.31. The van der Waals surface area contributed by atoms with Crippen molar-refractivity contribution in [2.45, 2.75) is 19.8 Å². The van der Waals surface area contributed by atoms with Crippen LogP contribution in [0.1, 0.15) is 30.3 Å². The van der Waals surface area contributed by atoms with E-state index in [-0.39, 0.29) is 11.5 Å². The first-order valence-electron chi connectivity index (χ1n) is 7.61. The maximum atomic E-state index is 12.1. The van der Waals surface area contributed by atoms with Gasteiger partial charge in [0.1, 0.15) is 11.4 Å². The highest BCUT2D eigenvalue weighted by atomic mass is 35.5. The molecule has 1 aromatic carbocycles. The molecule has 3 amide bonds. The third-order valence-corrected chi connectivity index (χ3v) is 3.33. The first-order chi connectivity index (χ1) is 12.0. The van der Waals surface area contributed by atoms with Crippen LogP contribution in [0, 0.1) is 0 Å². The van der Waals surface area contributed by atoms with E-state index >= 15 is 0 Å². The van der Waals surface area contributed by atoms with Crippen LogP contribution in [0.5, 0.6) is 5.75 Å². The Bertz CT molecular complexity index is 752. The fourth-order valence-corrected chi connectivity index (χ4v) is 2.01. The number of nitrogens with two attached hydrogens (primary N) is 1. The summed E-state index contributed by atoms with van der Waals surface area (Å²) in [6, 6.07) is 4.41. The molecule has 0 fully saturated rings. The summed E-state index contributed by atoms with van der Waals surface area (Å²) in [6.45, 7) is 2.59. The molecule has 1 aromatic heterocycles. The van der Waals surface area contributed by atoms with Crippen LogP contribution in [-0.2, 0) is 0 Å². The van der Waals surface area contributed by atoms with Crippen LogP contribution >= 0.6 is 11.6 Å². The lowest BCUT2D eigenvalue weighted by Gasteiger charge is -2.13. The second-order valence-corrected chi connectivity index (χ2v) is 5.51. The predicted molar refractivity (Wildman–Crippen MR) is 95.0 cm³/mol. The third kappa shape index (κ3) is 5.61. The molecule has 2 rings (SSSR count). The van der Waals surface area contributed by atoms with Gasteiger partial charge in [0.05, 0.1) is 24.7 Å². The Kier molecular flexibility index (Phi) is 6.53. The molecular formula is C16H18ClN5O3. The van der Waals surface area contributed by atoms with E-state index in [9.17, 15) is 9.59 Å². The number of ether oxygens (including phenoxy) is 1. The third-order valence-electron chi connectivity index (χ3n) is 3.09. The van der Waals surface area contributed by atoms with E-state index in [0.717, 1.165) is 12.8 Å². The van der Waals surface area contributed by atoms with Gasteiger partial charge in [0, 0.05) is 5.02 Å². The summed E-state index contributed by atoms with van der Waals surface area (Å²) in [4.78, 5) is 30.7. The van der Waals surface area contributed by atoms with E-state index in [4.69, 9.17) is 22.1 Å². The highest BCUT2D eigenvalue weighted by Gasteiger charge is 2.10. The lowest BCUT2D eigenvalue weighted by Crippen LogP contribution is -2.21. The minimum absolute atomic E-state index is 0.00686. The number of primary amides is 1. The van der Waals surface area contributed by atoms with Gasteiger partial charge in [0.2, 0.25) is 0 Å².